The normalized spacial score (nSPS) is 23.4. The molecule has 0 aromatic heterocycles. The number of rotatable bonds is 2. The van der Waals surface area contributed by atoms with Crippen molar-refractivity contribution < 1.29 is 4.74 Å². The van der Waals surface area contributed by atoms with Gasteiger partial charge in [0.1, 0.15) is 0 Å². The first-order valence-electron chi connectivity index (χ1n) is 3.87. The number of hydrogen-bond donors (Lipinski definition) is 0. The Hall–Kier alpha value is -0.0800. The van der Waals surface area contributed by atoms with Crippen molar-refractivity contribution in [2.24, 2.45) is 0 Å². The monoisotopic (exact) mass is 143 g/mol. The van der Waals surface area contributed by atoms with Gasteiger partial charge < -0.3 is 4.74 Å². The number of hydrogen-bond acceptors (Lipinski definition) is 2. The van der Waals surface area contributed by atoms with Crippen molar-refractivity contribution in [2.75, 3.05) is 20.3 Å². The molecule has 2 nitrogen and oxygen atoms in total. The molecule has 1 aliphatic rings. The summed E-state index contributed by atoms with van der Waals surface area (Å²) in [5.74, 6) is 0. The van der Waals surface area contributed by atoms with Crippen LogP contribution in [0.25, 0.3) is 0 Å². The Kier molecular flexibility index (Phi) is 2.02. The first-order valence-corrected chi connectivity index (χ1v) is 3.87. The molecule has 60 valence electrons. The molecule has 1 heterocycles. The minimum atomic E-state index is 0.314. The molecule has 10 heavy (non-hydrogen) atoms. The maximum atomic E-state index is 5.17. The molecular weight excluding hydrogens is 126 g/mol. The molecule has 0 aliphatic carbocycles. The Morgan fingerprint density at radius 2 is 1.90 bits per heavy atom. The van der Waals surface area contributed by atoms with E-state index in [0.717, 1.165) is 13.2 Å². The largest absolute Gasteiger partial charge is 0.377 e. The van der Waals surface area contributed by atoms with Crippen LogP contribution in [-0.2, 0) is 4.74 Å². The highest BCUT2D eigenvalue weighted by molar-refractivity contribution is 4.91. The van der Waals surface area contributed by atoms with E-state index in [1.807, 2.05) is 0 Å². The zero-order valence-corrected chi connectivity index (χ0v) is 7.35. The SMILES string of the molecule is CC(C)N(C)C1(C)COC1. The zero-order valence-electron chi connectivity index (χ0n) is 7.35. The molecule has 0 amide bonds. The lowest BCUT2D eigenvalue weighted by atomic mass is 9.97. The van der Waals surface area contributed by atoms with Crippen LogP contribution in [0.2, 0.25) is 0 Å². The number of likely N-dealkylation sites (N-methyl/N-ethyl adjacent to an activating group) is 1. The van der Waals surface area contributed by atoms with Gasteiger partial charge in [-0.25, -0.2) is 0 Å². The highest BCUT2D eigenvalue weighted by Crippen LogP contribution is 2.24. The Labute approximate surface area is 63.2 Å². The van der Waals surface area contributed by atoms with Crippen LogP contribution >= 0.6 is 0 Å². The average molecular weight is 143 g/mol. The predicted molar refractivity (Wildman–Crippen MR) is 42.1 cm³/mol. The maximum absolute atomic E-state index is 5.17. The summed E-state index contributed by atoms with van der Waals surface area (Å²) < 4.78 is 5.17. The van der Waals surface area contributed by atoms with Crippen LogP contribution in [0, 0.1) is 0 Å². The summed E-state index contributed by atoms with van der Waals surface area (Å²) in [6.45, 7) is 8.45. The molecule has 1 saturated heterocycles. The van der Waals surface area contributed by atoms with Crippen molar-refractivity contribution in [1.29, 1.82) is 0 Å². The molecule has 0 spiro atoms. The van der Waals surface area contributed by atoms with Crippen LogP contribution in [0.3, 0.4) is 0 Å². The Morgan fingerprint density at radius 3 is 2.00 bits per heavy atom. The van der Waals surface area contributed by atoms with Gasteiger partial charge in [0, 0.05) is 6.04 Å². The van der Waals surface area contributed by atoms with Crippen molar-refractivity contribution in [3.63, 3.8) is 0 Å². The highest BCUT2D eigenvalue weighted by atomic mass is 16.5. The molecule has 0 aromatic carbocycles. The second-order valence-corrected chi connectivity index (χ2v) is 3.69. The van der Waals surface area contributed by atoms with Crippen molar-refractivity contribution >= 4 is 0 Å². The van der Waals surface area contributed by atoms with Gasteiger partial charge in [0.2, 0.25) is 0 Å². The van der Waals surface area contributed by atoms with Crippen LogP contribution in [0.1, 0.15) is 20.8 Å². The minimum absolute atomic E-state index is 0.314. The van der Waals surface area contributed by atoms with E-state index in [4.69, 9.17) is 4.74 Å². The van der Waals surface area contributed by atoms with Gasteiger partial charge in [-0.3, -0.25) is 4.90 Å². The molecule has 1 fully saturated rings. The third kappa shape index (κ3) is 1.18. The van der Waals surface area contributed by atoms with Crippen LogP contribution < -0.4 is 0 Å². The molecule has 2 heteroatoms. The van der Waals surface area contributed by atoms with Gasteiger partial charge in [-0.1, -0.05) is 0 Å². The lowest BCUT2D eigenvalue weighted by Crippen LogP contribution is -2.60. The summed E-state index contributed by atoms with van der Waals surface area (Å²) >= 11 is 0. The van der Waals surface area contributed by atoms with E-state index in [1.165, 1.54) is 0 Å². The molecule has 0 bridgehead atoms. The van der Waals surface area contributed by atoms with Gasteiger partial charge in [-0.2, -0.15) is 0 Å². The quantitative estimate of drug-likeness (QED) is 0.574. The molecule has 1 rings (SSSR count). The van der Waals surface area contributed by atoms with Crippen LogP contribution in [-0.4, -0.2) is 36.7 Å². The predicted octanol–water partition coefficient (Wildman–Crippen LogP) is 1.12. The zero-order chi connectivity index (χ0) is 7.78. The molecule has 0 unspecified atom stereocenters. The summed E-state index contributed by atoms with van der Waals surface area (Å²) in [5.41, 5.74) is 0.314. The third-order valence-corrected chi connectivity index (χ3v) is 2.45. The molecular formula is C8H17NO. The maximum Gasteiger partial charge on any atom is 0.0671 e. The van der Waals surface area contributed by atoms with E-state index in [0.29, 0.717) is 11.6 Å². The molecule has 0 radical (unpaired) electrons. The standard InChI is InChI=1S/C8H17NO/c1-7(2)9(4)8(3)5-10-6-8/h7H,5-6H2,1-4H3. The number of ether oxygens (including phenoxy) is 1. The van der Waals surface area contributed by atoms with Gasteiger partial charge in [-0.05, 0) is 27.8 Å². The van der Waals surface area contributed by atoms with E-state index in [9.17, 15) is 0 Å². The van der Waals surface area contributed by atoms with E-state index in [1.54, 1.807) is 0 Å². The topological polar surface area (TPSA) is 12.5 Å². The summed E-state index contributed by atoms with van der Waals surface area (Å²) in [6.07, 6.45) is 0. The van der Waals surface area contributed by atoms with Gasteiger partial charge in [0.15, 0.2) is 0 Å². The third-order valence-electron chi connectivity index (χ3n) is 2.45. The summed E-state index contributed by atoms with van der Waals surface area (Å²) in [4.78, 5) is 2.37. The fourth-order valence-corrected chi connectivity index (χ4v) is 1.22. The summed E-state index contributed by atoms with van der Waals surface area (Å²) in [7, 11) is 2.16. The number of nitrogens with zero attached hydrogens (tertiary/aromatic N) is 1. The second-order valence-electron chi connectivity index (χ2n) is 3.69. The van der Waals surface area contributed by atoms with Crippen molar-refractivity contribution in [3.05, 3.63) is 0 Å². The van der Waals surface area contributed by atoms with Crippen LogP contribution in [0.15, 0.2) is 0 Å². The first kappa shape index (κ1) is 8.02. The average Bonchev–Trinajstić information content (AvgIpc) is 1.81. The van der Waals surface area contributed by atoms with E-state index < -0.39 is 0 Å². The van der Waals surface area contributed by atoms with E-state index >= 15 is 0 Å². The van der Waals surface area contributed by atoms with Crippen molar-refractivity contribution in [3.8, 4) is 0 Å². The first-order chi connectivity index (χ1) is 4.56. The summed E-state index contributed by atoms with van der Waals surface area (Å²) in [5, 5.41) is 0. The Morgan fingerprint density at radius 1 is 1.40 bits per heavy atom. The van der Waals surface area contributed by atoms with Crippen LogP contribution in [0.5, 0.6) is 0 Å². The minimum Gasteiger partial charge on any atom is -0.377 e. The second kappa shape index (κ2) is 2.51. The van der Waals surface area contributed by atoms with Gasteiger partial charge in [-0.15, -0.1) is 0 Å². The lowest BCUT2D eigenvalue weighted by molar-refractivity contribution is -0.130. The van der Waals surface area contributed by atoms with Crippen molar-refractivity contribution in [2.45, 2.75) is 32.4 Å². The fourth-order valence-electron chi connectivity index (χ4n) is 1.22. The van der Waals surface area contributed by atoms with Crippen molar-refractivity contribution in [1.82, 2.24) is 4.90 Å². The van der Waals surface area contributed by atoms with Gasteiger partial charge in [0.05, 0.1) is 18.8 Å². The molecule has 0 saturated carbocycles. The molecule has 1 aliphatic heterocycles. The lowest BCUT2D eigenvalue weighted by Gasteiger charge is -2.47. The van der Waals surface area contributed by atoms with Gasteiger partial charge >= 0.3 is 0 Å². The molecule has 0 atom stereocenters. The smallest absolute Gasteiger partial charge is 0.0671 e. The van der Waals surface area contributed by atoms with E-state index in [-0.39, 0.29) is 0 Å². The van der Waals surface area contributed by atoms with Crippen LogP contribution in [0.4, 0.5) is 0 Å². The van der Waals surface area contributed by atoms with Gasteiger partial charge in [0.25, 0.3) is 0 Å². The summed E-state index contributed by atoms with van der Waals surface area (Å²) in [6, 6.07) is 0.619. The molecule has 0 aromatic rings. The Bertz CT molecular complexity index is 118. The van der Waals surface area contributed by atoms with E-state index in [2.05, 4.69) is 32.7 Å². The molecule has 0 N–H and O–H groups in total. The Balaban J connectivity index is 2.46. The fraction of sp³-hybridized carbons (Fsp3) is 1.00. The highest BCUT2D eigenvalue weighted by Gasteiger charge is 2.38.